The molecule has 104 valence electrons. The van der Waals surface area contributed by atoms with Crippen molar-refractivity contribution in [1.82, 2.24) is 19.1 Å². The number of nitrogens with zero attached hydrogens (tertiary/aromatic N) is 4. The summed E-state index contributed by atoms with van der Waals surface area (Å²) in [5, 5.41) is 0. The Hall–Kier alpha value is -2.50. The van der Waals surface area contributed by atoms with E-state index in [2.05, 4.69) is 9.97 Å². The zero-order chi connectivity index (χ0) is 13.9. The summed E-state index contributed by atoms with van der Waals surface area (Å²) in [6.45, 7) is 4.11. The van der Waals surface area contributed by atoms with Crippen molar-refractivity contribution >= 4 is 17.0 Å². The van der Waals surface area contributed by atoms with Crippen LogP contribution in [-0.4, -0.2) is 25.7 Å². The van der Waals surface area contributed by atoms with Gasteiger partial charge < -0.3 is 19.6 Å². The number of aromatic nitrogens is 4. The molecule has 2 N–H and O–H groups in total. The normalized spacial score (nSPS) is 11.1. The van der Waals surface area contributed by atoms with E-state index in [0.29, 0.717) is 12.6 Å². The smallest absolute Gasteiger partial charge is 0.201 e. The topological polar surface area (TPSA) is 70.9 Å². The van der Waals surface area contributed by atoms with Gasteiger partial charge in [-0.2, -0.15) is 0 Å². The summed E-state index contributed by atoms with van der Waals surface area (Å²) >= 11 is 0. The molecule has 6 nitrogen and oxygen atoms in total. The molecule has 0 radical (unpaired) electrons. The van der Waals surface area contributed by atoms with Crippen LogP contribution in [0.1, 0.15) is 6.92 Å². The molecule has 0 spiro atoms. The van der Waals surface area contributed by atoms with Crippen molar-refractivity contribution in [3.8, 4) is 5.75 Å². The maximum atomic E-state index is 6.03. The zero-order valence-corrected chi connectivity index (χ0v) is 11.4. The van der Waals surface area contributed by atoms with Gasteiger partial charge in [0.25, 0.3) is 0 Å². The van der Waals surface area contributed by atoms with E-state index in [1.807, 2.05) is 40.5 Å². The number of nitrogens with two attached hydrogens (primary N) is 1. The monoisotopic (exact) mass is 271 g/mol. The van der Waals surface area contributed by atoms with Gasteiger partial charge in [-0.3, -0.25) is 0 Å². The Bertz CT molecular complexity index is 702. The van der Waals surface area contributed by atoms with Gasteiger partial charge in [-0.1, -0.05) is 6.07 Å². The van der Waals surface area contributed by atoms with E-state index in [0.717, 1.165) is 29.9 Å². The second-order valence-corrected chi connectivity index (χ2v) is 4.48. The predicted molar refractivity (Wildman–Crippen MR) is 77.5 cm³/mol. The van der Waals surface area contributed by atoms with Crippen LogP contribution < -0.4 is 10.5 Å². The fourth-order valence-corrected chi connectivity index (χ4v) is 2.28. The minimum absolute atomic E-state index is 0.507. The fraction of sp³-hybridized carbons (Fsp3) is 0.286. The van der Waals surface area contributed by atoms with Gasteiger partial charge in [-0.15, -0.1) is 0 Å². The van der Waals surface area contributed by atoms with Crippen molar-refractivity contribution in [2.45, 2.75) is 20.0 Å². The van der Waals surface area contributed by atoms with E-state index >= 15 is 0 Å². The largest absolute Gasteiger partial charge is 0.492 e. The molecule has 2 aromatic heterocycles. The average molecular weight is 271 g/mol. The molecule has 0 amide bonds. The summed E-state index contributed by atoms with van der Waals surface area (Å²) in [5.41, 5.74) is 7.84. The number of imidazole rings is 2. The van der Waals surface area contributed by atoms with E-state index in [4.69, 9.17) is 10.5 Å². The number of fused-ring (bicyclic) bond motifs is 1. The first-order valence-corrected chi connectivity index (χ1v) is 6.63. The molecule has 0 aliphatic rings. The Morgan fingerprint density at radius 1 is 1.30 bits per heavy atom. The number of anilines is 1. The molecule has 2 heterocycles. The van der Waals surface area contributed by atoms with E-state index in [1.165, 1.54) is 0 Å². The van der Waals surface area contributed by atoms with Gasteiger partial charge in [0.05, 0.1) is 18.5 Å². The van der Waals surface area contributed by atoms with Crippen LogP contribution in [0.25, 0.3) is 11.0 Å². The fourth-order valence-electron chi connectivity index (χ4n) is 2.28. The number of nitrogen functional groups attached to an aromatic ring is 1. The Balaban J connectivity index is 1.94. The molecule has 0 bridgehead atoms. The predicted octanol–water partition coefficient (Wildman–Crippen LogP) is 1.91. The first kappa shape index (κ1) is 12.5. The van der Waals surface area contributed by atoms with Crippen molar-refractivity contribution in [3.63, 3.8) is 0 Å². The molecule has 0 fully saturated rings. The second kappa shape index (κ2) is 5.24. The van der Waals surface area contributed by atoms with Crippen LogP contribution >= 0.6 is 0 Å². The maximum Gasteiger partial charge on any atom is 0.201 e. The van der Waals surface area contributed by atoms with Crippen molar-refractivity contribution in [1.29, 1.82) is 0 Å². The van der Waals surface area contributed by atoms with Crippen LogP contribution in [-0.2, 0) is 13.1 Å². The van der Waals surface area contributed by atoms with Crippen molar-refractivity contribution in [2.75, 3.05) is 12.3 Å². The summed E-state index contributed by atoms with van der Waals surface area (Å²) in [6.07, 6.45) is 5.49. The highest BCUT2D eigenvalue weighted by atomic mass is 16.5. The Labute approximate surface area is 116 Å². The zero-order valence-electron chi connectivity index (χ0n) is 11.4. The summed E-state index contributed by atoms with van der Waals surface area (Å²) in [6, 6.07) is 5.88. The standard InChI is InChI=1S/C14H17N5O/c1-2-20-12-5-3-4-11-13(12)17-14(15)19(11)9-8-18-7-6-16-10-18/h3-7,10H,2,8-9H2,1H3,(H2,15,17). The lowest BCUT2D eigenvalue weighted by atomic mass is 10.3. The first-order valence-electron chi connectivity index (χ1n) is 6.63. The van der Waals surface area contributed by atoms with E-state index < -0.39 is 0 Å². The lowest BCUT2D eigenvalue weighted by molar-refractivity contribution is 0.343. The molecule has 1 aromatic carbocycles. The van der Waals surface area contributed by atoms with Gasteiger partial charge in [0.2, 0.25) is 5.95 Å². The Morgan fingerprint density at radius 2 is 2.20 bits per heavy atom. The molecule has 0 aliphatic heterocycles. The third kappa shape index (κ3) is 2.20. The van der Waals surface area contributed by atoms with Gasteiger partial charge in [-0.05, 0) is 19.1 Å². The van der Waals surface area contributed by atoms with Crippen LogP contribution in [0, 0.1) is 0 Å². The Morgan fingerprint density at radius 3 is 2.95 bits per heavy atom. The number of hydrogen-bond acceptors (Lipinski definition) is 4. The minimum Gasteiger partial charge on any atom is -0.492 e. The molecule has 3 rings (SSSR count). The van der Waals surface area contributed by atoms with Crippen molar-refractivity contribution in [3.05, 3.63) is 36.9 Å². The van der Waals surface area contributed by atoms with E-state index in [-0.39, 0.29) is 0 Å². The van der Waals surface area contributed by atoms with Crippen LogP contribution in [0.4, 0.5) is 5.95 Å². The Kier molecular flexibility index (Phi) is 3.28. The first-order chi connectivity index (χ1) is 9.79. The van der Waals surface area contributed by atoms with Gasteiger partial charge in [-0.25, -0.2) is 9.97 Å². The maximum absolute atomic E-state index is 6.03. The highest BCUT2D eigenvalue weighted by Crippen LogP contribution is 2.27. The van der Waals surface area contributed by atoms with Crippen molar-refractivity contribution in [2.24, 2.45) is 0 Å². The second-order valence-electron chi connectivity index (χ2n) is 4.48. The molecular weight excluding hydrogens is 254 g/mol. The number of hydrogen-bond donors (Lipinski definition) is 1. The summed E-state index contributed by atoms with van der Waals surface area (Å²) in [4.78, 5) is 8.45. The molecular formula is C14H17N5O. The SMILES string of the molecule is CCOc1cccc2c1nc(N)n2CCn1ccnc1. The lowest BCUT2D eigenvalue weighted by Crippen LogP contribution is -2.08. The third-order valence-electron chi connectivity index (χ3n) is 3.21. The summed E-state index contributed by atoms with van der Waals surface area (Å²) < 4.78 is 9.60. The molecule has 3 aromatic rings. The molecule has 20 heavy (non-hydrogen) atoms. The number of aryl methyl sites for hydroxylation is 2. The third-order valence-corrected chi connectivity index (χ3v) is 3.21. The quantitative estimate of drug-likeness (QED) is 0.769. The molecule has 0 unspecified atom stereocenters. The van der Waals surface area contributed by atoms with E-state index in [9.17, 15) is 0 Å². The highest BCUT2D eigenvalue weighted by Gasteiger charge is 2.11. The number of benzene rings is 1. The number of rotatable bonds is 5. The molecule has 0 aliphatic carbocycles. The molecule has 0 saturated carbocycles. The van der Waals surface area contributed by atoms with Crippen molar-refractivity contribution < 1.29 is 4.74 Å². The van der Waals surface area contributed by atoms with Gasteiger partial charge >= 0.3 is 0 Å². The minimum atomic E-state index is 0.507. The molecule has 0 saturated heterocycles. The number of para-hydroxylation sites is 1. The highest BCUT2D eigenvalue weighted by molar-refractivity contribution is 5.84. The number of ether oxygens (including phenoxy) is 1. The van der Waals surface area contributed by atoms with Gasteiger partial charge in [0, 0.05) is 25.5 Å². The van der Waals surface area contributed by atoms with E-state index in [1.54, 1.807) is 12.5 Å². The average Bonchev–Trinajstić information content (AvgIpc) is 3.05. The summed E-state index contributed by atoms with van der Waals surface area (Å²) in [5.74, 6) is 1.28. The molecule has 0 atom stereocenters. The van der Waals surface area contributed by atoms with Gasteiger partial charge in [0.15, 0.2) is 0 Å². The van der Waals surface area contributed by atoms with Crippen LogP contribution in [0.5, 0.6) is 5.75 Å². The lowest BCUT2D eigenvalue weighted by Gasteiger charge is -2.07. The van der Waals surface area contributed by atoms with Crippen LogP contribution in [0.15, 0.2) is 36.9 Å². The summed E-state index contributed by atoms with van der Waals surface area (Å²) in [7, 11) is 0. The van der Waals surface area contributed by atoms with Crippen LogP contribution in [0.3, 0.4) is 0 Å². The van der Waals surface area contributed by atoms with Gasteiger partial charge in [0.1, 0.15) is 11.3 Å². The van der Waals surface area contributed by atoms with Crippen LogP contribution in [0.2, 0.25) is 0 Å². The molecule has 6 heteroatoms.